The standard InChI is InChI=1S/C15H14BrNOS/c1-10-2-5-12(9-14(10)16)17-15(18)8-11-3-6-13(19)7-4-11/h2-7,9,19H,8H2,1H3,(H,17,18). The van der Waals surface area contributed by atoms with E-state index in [0.717, 1.165) is 26.2 Å². The topological polar surface area (TPSA) is 29.1 Å². The minimum Gasteiger partial charge on any atom is -0.326 e. The molecule has 2 rings (SSSR count). The van der Waals surface area contributed by atoms with E-state index in [1.54, 1.807) is 0 Å². The first-order valence-corrected chi connectivity index (χ1v) is 7.12. The molecule has 0 aliphatic heterocycles. The number of amides is 1. The molecule has 0 bridgehead atoms. The van der Waals surface area contributed by atoms with Gasteiger partial charge in [0.1, 0.15) is 0 Å². The molecule has 0 saturated heterocycles. The van der Waals surface area contributed by atoms with Crippen LogP contribution in [0.25, 0.3) is 0 Å². The predicted molar refractivity (Wildman–Crippen MR) is 84.9 cm³/mol. The Bertz CT molecular complexity index is 596. The highest BCUT2D eigenvalue weighted by molar-refractivity contribution is 9.10. The third-order valence-electron chi connectivity index (χ3n) is 2.76. The van der Waals surface area contributed by atoms with Crippen LogP contribution in [0, 0.1) is 6.92 Å². The van der Waals surface area contributed by atoms with E-state index in [1.165, 1.54) is 0 Å². The van der Waals surface area contributed by atoms with Gasteiger partial charge in [-0.25, -0.2) is 0 Å². The molecule has 0 spiro atoms. The number of aryl methyl sites for hydroxylation is 1. The van der Waals surface area contributed by atoms with Crippen LogP contribution in [0.1, 0.15) is 11.1 Å². The normalized spacial score (nSPS) is 10.3. The molecule has 1 amide bonds. The zero-order chi connectivity index (χ0) is 13.8. The molecule has 1 N–H and O–H groups in total. The van der Waals surface area contributed by atoms with E-state index in [0.29, 0.717) is 6.42 Å². The average molecular weight is 336 g/mol. The Morgan fingerprint density at radius 1 is 1.21 bits per heavy atom. The van der Waals surface area contributed by atoms with Crippen molar-refractivity contribution in [2.45, 2.75) is 18.2 Å². The van der Waals surface area contributed by atoms with Gasteiger partial charge in [0.05, 0.1) is 6.42 Å². The molecular formula is C15H14BrNOS. The number of halogens is 1. The molecule has 0 fully saturated rings. The maximum atomic E-state index is 11.9. The third-order valence-corrected chi connectivity index (χ3v) is 3.91. The number of hydrogen-bond acceptors (Lipinski definition) is 2. The van der Waals surface area contributed by atoms with Crippen molar-refractivity contribution < 1.29 is 4.79 Å². The smallest absolute Gasteiger partial charge is 0.228 e. The van der Waals surface area contributed by atoms with Crippen molar-refractivity contribution in [3.05, 3.63) is 58.1 Å². The molecule has 0 aliphatic rings. The minimum absolute atomic E-state index is 0.0253. The van der Waals surface area contributed by atoms with Gasteiger partial charge in [-0.15, -0.1) is 12.6 Å². The number of anilines is 1. The molecule has 0 aromatic heterocycles. The lowest BCUT2D eigenvalue weighted by Gasteiger charge is -2.07. The fourth-order valence-electron chi connectivity index (χ4n) is 1.67. The molecular weight excluding hydrogens is 322 g/mol. The van der Waals surface area contributed by atoms with Gasteiger partial charge in [-0.3, -0.25) is 4.79 Å². The Morgan fingerprint density at radius 2 is 1.89 bits per heavy atom. The van der Waals surface area contributed by atoms with Gasteiger partial charge in [0.15, 0.2) is 0 Å². The second-order valence-electron chi connectivity index (χ2n) is 4.36. The summed E-state index contributed by atoms with van der Waals surface area (Å²) in [5.74, 6) is -0.0253. The second kappa shape index (κ2) is 6.26. The molecule has 98 valence electrons. The highest BCUT2D eigenvalue weighted by atomic mass is 79.9. The van der Waals surface area contributed by atoms with Crippen LogP contribution in [0.2, 0.25) is 0 Å². The third kappa shape index (κ3) is 4.11. The summed E-state index contributed by atoms with van der Waals surface area (Å²) in [5, 5.41) is 2.89. The Hall–Kier alpha value is -1.26. The number of thiol groups is 1. The van der Waals surface area contributed by atoms with Gasteiger partial charge < -0.3 is 5.32 Å². The summed E-state index contributed by atoms with van der Waals surface area (Å²) >= 11 is 7.67. The molecule has 0 atom stereocenters. The maximum Gasteiger partial charge on any atom is 0.228 e. The summed E-state index contributed by atoms with van der Waals surface area (Å²) < 4.78 is 0.990. The highest BCUT2D eigenvalue weighted by Crippen LogP contribution is 2.20. The van der Waals surface area contributed by atoms with Crippen LogP contribution in [0.3, 0.4) is 0 Å². The van der Waals surface area contributed by atoms with Gasteiger partial charge in [0, 0.05) is 15.1 Å². The molecule has 2 aromatic rings. The van der Waals surface area contributed by atoms with Crippen molar-refractivity contribution in [2.75, 3.05) is 5.32 Å². The van der Waals surface area contributed by atoms with Crippen molar-refractivity contribution in [1.82, 2.24) is 0 Å². The molecule has 0 saturated carbocycles. The summed E-state index contributed by atoms with van der Waals surface area (Å²) in [7, 11) is 0. The van der Waals surface area contributed by atoms with Crippen LogP contribution >= 0.6 is 28.6 Å². The van der Waals surface area contributed by atoms with E-state index < -0.39 is 0 Å². The number of rotatable bonds is 3. The summed E-state index contributed by atoms with van der Waals surface area (Å²) in [4.78, 5) is 12.8. The number of carbonyl (C=O) groups excluding carboxylic acids is 1. The number of hydrogen-bond donors (Lipinski definition) is 2. The Kier molecular flexibility index (Phi) is 4.66. The monoisotopic (exact) mass is 335 g/mol. The van der Waals surface area contributed by atoms with Gasteiger partial charge in [0.2, 0.25) is 5.91 Å². The second-order valence-corrected chi connectivity index (χ2v) is 5.73. The molecule has 19 heavy (non-hydrogen) atoms. The van der Waals surface area contributed by atoms with E-state index in [9.17, 15) is 4.79 Å². The van der Waals surface area contributed by atoms with Crippen molar-refractivity contribution >= 4 is 40.2 Å². The van der Waals surface area contributed by atoms with Gasteiger partial charge in [-0.1, -0.05) is 34.1 Å². The van der Waals surface area contributed by atoms with E-state index >= 15 is 0 Å². The van der Waals surface area contributed by atoms with Crippen molar-refractivity contribution in [2.24, 2.45) is 0 Å². The molecule has 0 aliphatic carbocycles. The zero-order valence-corrected chi connectivity index (χ0v) is 13.0. The van der Waals surface area contributed by atoms with Crippen LogP contribution in [0.4, 0.5) is 5.69 Å². The minimum atomic E-state index is -0.0253. The number of benzene rings is 2. The summed E-state index contributed by atoms with van der Waals surface area (Å²) in [6.07, 6.45) is 0.361. The zero-order valence-electron chi connectivity index (χ0n) is 10.5. The fourth-order valence-corrected chi connectivity index (χ4v) is 2.20. The molecule has 0 unspecified atom stereocenters. The lowest BCUT2D eigenvalue weighted by Crippen LogP contribution is -2.14. The number of nitrogens with one attached hydrogen (secondary N) is 1. The number of carbonyl (C=O) groups is 1. The lowest BCUT2D eigenvalue weighted by atomic mass is 10.1. The van der Waals surface area contributed by atoms with Crippen molar-refractivity contribution in [3.8, 4) is 0 Å². The first kappa shape index (κ1) is 14.2. The SMILES string of the molecule is Cc1ccc(NC(=O)Cc2ccc(S)cc2)cc1Br. The molecule has 2 nitrogen and oxygen atoms in total. The molecule has 0 heterocycles. The van der Waals surface area contributed by atoms with Crippen LogP contribution < -0.4 is 5.32 Å². The molecule has 4 heteroatoms. The Labute approximate surface area is 126 Å². The van der Waals surface area contributed by atoms with E-state index in [2.05, 4.69) is 33.9 Å². The summed E-state index contributed by atoms with van der Waals surface area (Å²) in [6, 6.07) is 13.4. The van der Waals surface area contributed by atoms with Crippen LogP contribution in [-0.4, -0.2) is 5.91 Å². The van der Waals surface area contributed by atoms with Crippen LogP contribution in [-0.2, 0) is 11.2 Å². The average Bonchev–Trinajstić information content (AvgIpc) is 2.37. The van der Waals surface area contributed by atoms with Gasteiger partial charge in [-0.05, 0) is 42.3 Å². The fraction of sp³-hybridized carbons (Fsp3) is 0.133. The highest BCUT2D eigenvalue weighted by Gasteiger charge is 2.05. The van der Waals surface area contributed by atoms with Crippen LogP contribution in [0.15, 0.2) is 51.8 Å². The largest absolute Gasteiger partial charge is 0.326 e. The van der Waals surface area contributed by atoms with E-state index in [-0.39, 0.29) is 5.91 Å². The van der Waals surface area contributed by atoms with Crippen molar-refractivity contribution in [1.29, 1.82) is 0 Å². The maximum absolute atomic E-state index is 11.9. The van der Waals surface area contributed by atoms with Crippen molar-refractivity contribution in [3.63, 3.8) is 0 Å². The first-order valence-electron chi connectivity index (χ1n) is 5.88. The Morgan fingerprint density at radius 3 is 2.53 bits per heavy atom. The Balaban J connectivity index is 2.01. The summed E-state index contributed by atoms with van der Waals surface area (Å²) in [6.45, 7) is 2.01. The van der Waals surface area contributed by atoms with Gasteiger partial charge in [0.25, 0.3) is 0 Å². The van der Waals surface area contributed by atoms with Gasteiger partial charge in [-0.2, -0.15) is 0 Å². The van der Waals surface area contributed by atoms with Gasteiger partial charge >= 0.3 is 0 Å². The lowest BCUT2D eigenvalue weighted by molar-refractivity contribution is -0.115. The first-order chi connectivity index (χ1) is 9.04. The predicted octanol–water partition coefficient (Wildman–Crippen LogP) is 4.23. The quantitative estimate of drug-likeness (QED) is 0.807. The molecule has 0 radical (unpaired) electrons. The molecule has 2 aromatic carbocycles. The van der Waals surface area contributed by atoms with E-state index in [4.69, 9.17) is 0 Å². The summed E-state index contributed by atoms with van der Waals surface area (Å²) in [5.41, 5.74) is 2.91. The van der Waals surface area contributed by atoms with Crippen LogP contribution in [0.5, 0.6) is 0 Å². The van der Waals surface area contributed by atoms with E-state index in [1.807, 2.05) is 49.4 Å².